The minimum atomic E-state index is -0.157. The van der Waals surface area contributed by atoms with Gasteiger partial charge in [0, 0.05) is 62.2 Å². The number of aryl methyl sites for hydroxylation is 2. The molecule has 39 heavy (non-hydrogen) atoms. The molecule has 0 aliphatic carbocycles. The molecule has 3 heterocycles. The van der Waals surface area contributed by atoms with E-state index in [0.29, 0.717) is 18.1 Å². The molecular weight excluding hydrogens is 504 g/mol. The van der Waals surface area contributed by atoms with Crippen molar-refractivity contribution in [2.75, 3.05) is 30.9 Å². The molecule has 2 aromatic heterocycles. The number of pyridine rings is 1. The summed E-state index contributed by atoms with van der Waals surface area (Å²) in [7, 11) is 4.07. The van der Waals surface area contributed by atoms with Gasteiger partial charge in [-0.2, -0.15) is 0 Å². The second kappa shape index (κ2) is 11.3. The zero-order valence-corrected chi connectivity index (χ0v) is 23.6. The highest BCUT2D eigenvalue weighted by molar-refractivity contribution is 7.80. The number of nitrogens with zero attached hydrogens (tertiary/aromatic N) is 4. The lowest BCUT2D eigenvalue weighted by Gasteiger charge is -2.29. The van der Waals surface area contributed by atoms with E-state index in [1.165, 1.54) is 0 Å². The standard InChI is InChI=1S/C31H34N6OS/c1-21-10-11-22(2)26(20-21)33-28(38)16-19-37-30(29(34-31(37)39)25-8-5-6-17-32-25)27-9-7-18-36(27)24-14-12-23(13-15-24)35(3)4/h5-15,17-18,20,29-30H,16,19H2,1-4H3,(H,33,38)(H,34,39)/t29-,30+/m1/s1. The Balaban J connectivity index is 1.44. The van der Waals surface area contributed by atoms with Gasteiger partial charge in [-0.05, 0) is 91.8 Å². The molecule has 1 amide bonds. The first kappa shape index (κ1) is 26.4. The van der Waals surface area contributed by atoms with Crippen molar-refractivity contribution in [2.45, 2.75) is 32.4 Å². The molecule has 1 fully saturated rings. The summed E-state index contributed by atoms with van der Waals surface area (Å²) in [6.07, 6.45) is 4.18. The number of nitrogens with one attached hydrogen (secondary N) is 2. The number of rotatable bonds is 8. The van der Waals surface area contributed by atoms with Crippen LogP contribution in [-0.4, -0.2) is 46.1 Å². The molecule has 5 rings (SSSR count). The van der Waals surface area contributed by atoms with Crippen LogP contribution in [0.2, 0.25) is 0 Å². The summed E-state index contributed by atoms with van der Waals surface area (Å²) < 4.78 is 2.19. The Morgan fingerprint density at radius 1 is 1.05 bits per heavy atom. The van der Waals surface area contributed by atoms with Crippen LogP contribution >= 0.6 is 12.2 Å². The molecule has 200 valence electrons. The summed E-state index contributed by atoms with van der Waals surface area (Å²) in [5.41, 5.74) is 7.18. The zero-order valence-electron chi connectivity index (χ0n) is 22.8. The molecule has 0 unspecified atom stereocenters. The largest absolute Gasteiger partial charge is 0.378 e. The van der Waals surface area contributed by atoms with Gasteiger partial charge in [0.1, 0.15) is 0 Å². The van der Waals surface area contributed by atoms with Gasteiger partial charge in [-0.15, -0.1) is 0 Å². The minimum Gasteiger partial charge on any atom is -0.378 e. The van der Waals surface area contributed by atoms with E-state index >= 15 is 0 Å². The Labute approximate surface area is 235 Å². The Morgan fingerprint density at radius 2 is 1.85 bits per heavy atom. The second-order valence-electron chi connectivity index (χ2n) is 10.2. The first-order valence-electron chi connectivity index (χ1n) is 13.1. The SMILES string of the molecule is Cc1ccc(C)c(NC(=O)CCN2C(=S)N[C@H](c3ccccn3)[C@@H]2c2cccn2-c2ccc(N(C)C)cc2)c1. The Kier molecular flexibility index (Phi) is 7.65. The van der Waals surface area contributed by atoms with Crippen LogP contribution in [0, 0.1) is 13.8 Å². The topological polar surface area (TPSA) is 65.4 Å². The average Bonchev–Trinajstić information content (AvgIpc) is 3.54. The lowest BCUT2D eigenvalue weighted by molar-refractivity contribution is -0.116. The summed E-state index contributed by atoms with van der Waals surface area (Å²) in [4.78, 5) is 21.9. The highest BCUT2D eigenvalue weighted by atomic mass is 32.1. The molecule has 0 bridgehead atoms. The van der Waals surface area contributed by atoms with Crippen molar-refractivity contribution in [3.05, 3.63) is 108 Å². The molecular formula is C31H34N6OS. The molecule has 1 aliphatic heterocycles. The Hall–Kier alpha value is -4.17. The van der Waals surface area contributed by atoms with Crippen LogP contribution in [0.5, 0.6) is 0 Å². The molecule has 1 aliphatic rings. The molecule has 0 saturated carbocycles. The molecule has 2 N–H and O–H groups in total. The van der Waals surface area contributed by atoms with Gasteiger partial charge < -0.3 is 25.0 Å². The van der Waals surface area contributed by atoms with Crippen molar-refractivity contribution in [1.29, 1.82) is 0 Å². The van der Waals surface area contributed by atoms with E-state index in [9.17, 15) is 4.79 Å². The summed E-state index contributed by atoms with van der Waals surface area (Å²) in [5, 5.41) is 7.19. The maximum atomic E-state index is 13.0. The summed E-state index contributed by atoms with van der Waals surface area (Å²) in [5.74, 6) is -0.0406. The number of hydrogen-bond donors (Lipinski definition) is 2. The second-order valence-corrected chi connectivity index (χ2v) is 10.5. The maximum Gasteiger partial charge on any atom is 0.226 e. The predicted octanol–water partition coefficient (Wildman–Crippen LogP) is 5.56. The van der Waals surface area contributed by atoms with Crippen LogP contribution in [0.25, 0.3) is 5.69 Å². The van der Waals surface area contributed by atoms with Crippen LogP contribution < -0.4 is 15.5 Å². The van der Waals surface area contributed by atoms with E-state index in [1.807, 2.05) is 64.3 Å². The molecule has 2 aromatic carbocycles. The quantitative estimate of drug-likeness (QED) is 0.287. The third-order valence-corrected chi connectivity index (χ3v) is 7.52. The summed E-state index contributed by atoms with van der Waals surface area (Å²) >= 11 is 5.83. The van der Waals surface area contributed by atoms with Crippen LogP contribution in [0.1, 0.15) is 41.0 Å². The number of carbonyl (C=O) groups is 1. The first-order valence-corrected chi connectivity index (χ1v) is 13.5. The number of hydrogen-bond acceptors (Lipinski definition) is 4. The lowest BCUT2D eigenvalue weighted by Crippen LogP contribution is -2.33. The fourth-order valence-electron chi connectivity index (χ4n) is 5.05. The van der Waals surface area contributed by atoms with E-state index < -0.39 is 0 Å². The van der Waals surface area contributed by atoms with Gasteiger partial charge in [0.25, 0.3) is 0 Å². The van der Waals surface area contributed by atoms with Crippen molar-refractivity contribution in [1.82, 2.24) is 19.8 Å². The maximum absolute atomic E-state index is 13.0. The van der Waals surface area contributed by atoms with Crippen molar-refractivity contribution in [2.24, 2.45) is 0 Å². The normalized spacial score (nSPS) is 16.7. The molecule has 0 spiro atoms. The predicted molar refractivity (Wildman–Crippen MR) is 161 cm³/mol. The molecule has 1 saturated heterocycles. The summed E-state index contributed by atoms with van der Waals surface area (Å²) in [6.45, 7) is 4.50. The van der Waals surface area contributed by atoms with Crippen molar-refractivity contribution >= 4 is 34.6 Å². The van der Waals surface area contributed by atoms with Gasteiger partial charge in [-0.3, -0.25) is 9.78 Å². The van der Waals surface area contributed by atoms with Crippen LogP contribution in [-0.2, 0) is 4.79 Å². The number of anilines is 2. The summed E-state index contributed by atoms with van der Waals surface area (Å²) in [6, 6.07) is 24.3. The lowest BCUT2D eigenvalue weighted by atomic mass is 10.0. The Morgan fingerprint density at radius 3 is 2.56 bits per heavy atom. The van der Waals surface area contributed by atoms with Crippen molar-refractivity contribution in [3.8, 4) is 5.69 Å². The van der Waals surface area contributed by atoms with Crippen LogP contribution in [0.4, 0.5) is 11.4 Å². The molecule has 8 heteroatoms. The van der Waals surface area contributed by atoms with Crippen molar-refractivity contribution in [3.63, 3.8) is 0 Å². The van der Waals surface area contributed by atoms with Crippen molar-refractivity contribution < 1.29 is 4.79 Å². The van der Waals surface area contributed by atoms with Gasteiger partial charge in [0.15, 0.2) is 5.11 Å². The molecule has 2 atom stereocenters. The average molecular weight is 539 g/mol. The van der Waals surface area contributed by atoms with E-state index in [1.54, 1.807) is 6.20 Å². The van der Waals surface area contributed by atoms with Gasteiger partial charge in [0.2, 0.25) is 5.91 Å². The number of aromatic nitrogens is 2. The highest BCUT2D eigenvalue weighted by Crippen LogP contribution is 2.39. The van der Waals surface area contributed by atoms with Gasteiger partial charge in [0.05, 0.1) is 17.8 Å². The van der Waals surface area contributed by atoms with Gasteiger partial charge in [-0.25, -0.2) is 0 Å². The Bertz CT molecular complexity index is 1460. The van der Waals surface area contributed by atoms with Crippen LogP contribution in [0.15, 0.2) is 85.2 Å². The smallest absolute Gasteiger partial charge is 0.226 e. The number of thiocarbonyl (C=S) groups is 1. The highest BCUT2D eigenvalue weighted by Gasteiger charge is 2.41. The first-order chi connectivity index (χ1) is 18.8. The fourth-order valence-corrected chi connectivity index (χ4v) is 5.39. The van der Waals surface area contributed by atoms with Gasteiger partial charge in [-0.1, -0.05) is 18.2 Å². The van der Waals surface area contributed by atoms with E-state index in [4.69, 9.17) is 12.2 Å². The van der Waals surface area contributed by atoms with Crippen LogP contribution in [0.3, 0.4) is 0 Å². The zero-order chi connectivity index (χ0) is 27.5. The number of carbonyl (C=O) groups excluding carboxylic acids is 1. The van der Waals surface area contributed by atoms with E-state index in [2.05, 4.69) is 72.6 Å². The van der Waals surface area contributed by atoms with E-state index in [-0.39, 0.29) is 18.0 Å². The number of amides is 1. The molecule has 7 nitrogen and oxygen atoms in total. The monoisotopic (exact) mass is 538 g/mol. The minimum absolute atomic E-state index is 0.0406. The van der Waals surface area contributed by atoms with Gasteiger partial charge >= 0.3 is 0 Å². The third kappa shape index (κ3) is 5.66. The fraction of sp³-hybridized carbons (Fsp3) is 0.258. The molecule has 0 radical (unpaired) electrons. The number of benzene rings is 2. The molecule has 4 aromatic rings. The van der Waals surface area contributed by atoms with E-state index in [0.717, 1.165) is 39.6 Å². The third-order valence-electron chi connectivity index (χ3n) is 7.17.